The largest absolute Gasteiger partial charge is 0.337 e. The second kappa shape index (κ2) is 6.19. The standard InChI is InChI=1S/C14H19ClN2O/c1-11-4-2-8-16-13(11)14(18)17-9-3-5-12(10-17)6-7-15/h2,4,8,12H,3,5-7,9-10H2,1H3. The fourth-order valence-electron chi connectivity index (χ4n) is 2.50. The number of likely N-dealkylation sites (tertiary alicyclic amines) is 1. The van der Waals surface area contributed by atoms with Gasteiger partial charge in [-0.1, -0.05) is 6.07 Å². The molecule has 0 radical (unpaired) electrons. The molecule has 4 heteroatoms. The summed E-state index contributed by atoms with van der Waals surface area (Å²) in [5.41, 5.74) is 1.53. The number of carbonyl (C=O) groups excluding carboxylic acids is 1. The molecule has 1 atom stereocenters. The first-order valence-electron chi connectivity index (χ1n) is 6.49. The van der Waals surface area contributed by atoms with E-state index in [0.29, 0.717) is 17.5 Å². The molecular weight excluding hydrogens is 248 g/mol. The Balaban J connectivity index is 2.07. The minimum Gasteiger partial charge on any atom is -0.337 e. The van der Waals surface area contributed by atoms with E-state index < -0.39 is 0 Å². The van der Waals surface area contributed by atoms with Crippen molar-refractivity contribution >= 4 is 17.5 Å². The van der Waals surface area contributed by atoms with Crippen molar-refractivity contribution in [2.45, 2.75) is 26.2 Å². The van der Waals surface area contributed by atoms with Crippen molar-refractivity contribution in [2.24, 2.45) is 5.92 Å². The minimum atomic E-state index is 0.0624. The second-order valence-electron chi connectivity index (χ2n) is 4.91. The van der Waals surface area contributed by atoms with Gasteiger partial charge in [0, 0.05) is 25.2 Å². The number of alkyl halides is 1. The molecule has 1 aliphatic rings. The van der Waals surface area contributed by atoms with Crippen LogP contribution in [0, 0.1) is 12.8 Å². The molecule has 1 saturated heterocycles. The number of nitrogens with zero attached hydrogens (tertiary/aromatic N) is 2. The number of aromatic nitrogens is 1. The van der Waals surface area contributed by atoms with Gasteiger partial charge in [0.1, 0.15) is 5.69 Å². The first kappa shape index (κ1) is 13.3. The third kappa shape index (κ3) is 3.02. The number of rotatable bonds is 3. The van der Waals surface area contributed by atoms with E-state index in [4.69, 9.17) is 11.6 Å². The quantitative estimate of drug-likeness (QED) is 0.788. The van der Waals surface area contributed by atoms with Crippen LogP contribution in [0.15, 0.2) is 18.3 Å². The maximum atomic E-state index is 12.4. The highest BCUT2D eigenvalue weighted by atomic mass is 35.5. The first-order valence-corrected chi connectivity index (χ1v) is 7.02. The Bertz CT molecular complexity index is 420. The summed E-state index contributed by atoms with van der Waals surface area (Å²) < 4.78 is 0. The highest BCUT2D eigenvalue weighted by Crippen LogP contribution is 2.21. The predicted molar refractivity (Wildman–Crippen MR) is 72.9 cm³/mol. The fraction of sp³-hybridized carbons (Fsp3) is 0.571. The van der Waals surface area contributed by atoms with Gasteiger partial charge in [0.25, 0.3) is 5.91 Å². The van der Waals surface area contributed by atoms with Crippen molar-refractivity contribution in [3.63, 3.8) is 0 Å². The van der Waals surface area contributed by atoms with E-state index in [0.717, 1.165) is 31.5 Å². The van der Waals surface area contributed by atoms with E-state index in [-0.39, 0.29) is 5.91 Å². The number of hydrogen-bond donors (Lipinski definition) is 0. The van der Waals surface area contributed by atoms with Gasteiger partial charge in [-0.15, -0.1) is 11.6 Å². The van der Waals surface area contributed by atoms with Gasteiger partial charge in [-0.25, -0.2) is 0 Å². The Kier molecular flexibility index (Phi) is 4.59. The molecule has 2 heterocycles. The van der Waals surface area contributed by atoms with Gasteiger partial charge in [0.15, 0.2) is 0 Å². The Morgan fingerprint density at radius 1 is 1.61 bits per heavy atom. The number of pyridine rings is 1. The molecule has 98 valence electrons. The summed E-state index contributed by atoms with van der Waals surface area (Å²) in [5.74, 6) is 1.28. The predicted octanol–water partition coefficient (Wildman–Crippen LogP) is 2.87. The van der Waals surface area contributed by atoms with Crippen molar-refractivity contribution in [2.75, 3.05) is 19.0 Å². The molecule has 18 heavy (non-hydrogen) atoms. The topological polar surface area (TPSA) is 33.2 Å². The van der Waals surface area contributed by atoms with Crippen molar-refractivity contribution < 1.29 is 4.79 Å². The normalized spacial score (nSPS) is 19.9. The van der Waals surface area contributed by atoms with E-state index >= 15 is 0 Å². The summed E-state index contributed by atoms with van der Waals surface area (Å²) in [6.07, 6.45) is 4.92. The molecule has 0 spiro atoms. The molecule has 1 aliphatic heterocycles. The molecule has 2 rings (SSSR count). The van der Waals surface area contributed by atoms with E-state index in [1.165, 1.54) is 6.42 Å². The maximum Gasteiger partial charge on any atom is 0.272 e. The van der Waals surface area contributed by atoms with Crippen LogP contribution in [0.25, 0.3) is 0 Å². The van der Waals surface area contributed by atoms with Gasteiger partial charge < -0.3 is 4.90 Å². The summed E-state index contributed by atoms with van der Waals surface area (Å²) in [7, 11) is 0. The van der Waals surface area contributed by atoms with Crippen LogP contribution in [0.4, 0.5) is 0 Å². The van der Waals surface area contributed by atoms with Gasteiger partial charge in [-0.3, -0.25) is 9.78 Å². The summed E-state index contributed by atoms with van der Waals surface area (Å²) in [6, 6.07) is 3.79. The van der Waals surface area contributed by atoms with Crippen molar-refractivity contribution in [3.8, 4) is 0 Å². The molecule has 0 aromatic carbocycles. The average Bonchev–Trinajstić information content (AvgIpc) is 2.39. The SMILES string of the molecule is Cc1cccnc1C(=O)N1CCCC(CCCl)C1. The fourth-order valence-corrected chi connectivity index (χ4v) is 2.81. The average molecular weight is 267 g/mol. The zero-order valence-corrected chi connectivity index (χ0v) is 11.5. The lowest BCUT2D eigenvalue weighted by Crippen LogP contribution is -2.40. The summed E-state index contributed by atoms with van der Waals surface area (Å²) >= 11 is 5.79. The van der Waals surface area contributed by atoms with Gasteiger partial charge in [-0.2, -0.15) is 0 Å². The van der Waals surface area contributed by atoms with Gasteiger partial charge in [0.05, 0.1) is 0 Å². The lowest BCUT2D eigenvalue weighted by atomic mass is 9.95. The molecule has 1 fully saturated rings. The summed E-state index contributed by atoms with van der Waals surface area (Å²) in [5, 5.41) is 0. The van der Waals surface area contributed by atoms with Crippen LogP contribution >= 0.6 is 11.6 Å². The minimum absolute atomic E-state index is 0.0624. The molecule has 3 nitrogen and oxygen atoms in total. The van der Waals surface area contributed by atoms with E-state index in [9.17, 15) is 4.79 Å². The summed E-state index contributed by atoms with van der Waals surface area (Å²) in [4.78, 5) is 18.5. The Labute approximate surface area is 113 Å². The van der Waals surface area contributed by atoms with Crippen LogP contribution in [0.2, 0.25) is 0 Å². The number of halogens is 1. The number of hydrogen-bond acceptors (Lipinski definition) is 2. The van der Waals surface area contributed by atoms with Crippen molar-refractivity contribution in [1.82, 2.24) is 9.88 Å². The molecule has 0 aliphatic carbocycles. The number of carbonyl (C=O) groups is 1. The molecule has 1 aromatic rings. The van der Waals surface area contributed by atoms with Crippen LogP contribution in [-0.2, 0) is 0 Å². The second-order valence-corrected chi connectivity index (χ2v) is 5.28. The smallest absolute Gasteiger partial charge is 0.272 e. The molecule has 1 amide bonds. The third-order valence-electron chi connectivity index (χ3n) is 3.54. The molecular formula is C14H19ClN2O. The van der Waals surface area contributed by atoms with E-state index in [1.807, 2.05) is 24.0 Å². The van der Waals surface area contributed by atoms with Crippen LogP contribution in [0.3, 0.4) is 0 Å². The Hall–Kier alpha value is -1.09. The lowest BCUT2D eigenvalue weighted by Gasteiger charge is -2.32. The lowest BCUT2D eigenvalue weighted by molar-refractivity contribution is 0.0665. The zero-order chi connectivity index (χ0) is 13.0. The van der Waals surface area contributed by atoms with Crippen LogP contribution in [0.1, 0.15) is 35.3 Å². The zero-order valence-electron chi connectivity index (χ0n) is 10.7. The van der Waals surface area contributed by atoms with Crippen LogP contribution < -0.4 is 0 Å². The first-order chi connectivity index (χ1) is 8.72. The monoisotopic (exact) mass is 266 g/mol. The third-order valence-corrected chi connectivity index (χ3v) is 3.75. The van der Waals surface area contributed by atoms with Crippen molar-refractivity contribution in [1.29, 1.82) is 0 Å². The Morgan fingerprint density at radius 2 is 2.44 bits per heavy atom. The highest BCUT2D eigenvalue weighted by Gasteiger charge is 2.25. The van der Waals surface area contributed by atoms with Gasteiger partial charge in [-0.05, 0) is 43.7 Å². The highest BCUT2D eigenvalue weighted by molar-refractivity contribution is 6.17. The van der Waals surface area contributed by atoms with Gasteiger partial charge in [0.2, 0.25) is 0 Å². The number of piperidine rings is 1. The summed E-state index contributed by atoms with van der Waals surface area (Å²) in [6.45, 7) is 3.59. The number of aryl methyl sites for hydroxylation is 1. The van der Waals surface area contributed by atoms with Crippen molar-refractivity contribution in [3.05, 3.63) is 29.6 Å². The molecule has 0 N–H and O–H groups in total. The van der Waals surface area contributed by atoms with E-state index in [1.54, 1.807) is 6.20 Å². The Morgan fingerprint density at radius 3 is 3.17 bits per heavy atom. The van der Waals surface area contributed by atoms with Gasteiger partial charge >= 0.3 is 0 Å². The maximum absolute atomic E-state index is 12.4. The van der Waals surface area contributed by atoms with Crippen LogP contribution in [-0.4, -0.2) is 34.8 Å². The number of amides is 1. The van der Waals surface area contributed by atoms with E-state index in [2.05, 4.69) is 4.98 Å². The molecule has 1 unspecified atom stereocenters. The molecule has 0 bridgehead atoms. The van der Waals surface area contributed by atoms with Crippen LogP contribution in [0.5, 0.6) is 0 Å². The molecule has 0 saturated carbocycles. The molecule has 1 aromatic heterocycles.